The van der Waals surface area contributed by atoms with Crippen LogP contribution >= 0.6 is 0 Å². The number of aliphatic hydroxyl groups is 1. The summed E-state index contributed by atoms with van der Waals surface area (Å²) < 4.78 is 47.1. The van der Waals surface area contributed by atoms with Gasteiger partial charge in [-0.05, 0) is 59.2 Å². The molecule has 0 aliphatic carbocycles. The van der Waals surface area contributed by atoms with E-state index in [9.17, 15) is 28.3 Å². The van der Waals surface area contributed by atoms with Gasteiger partial charge in [0.25, 0.3) is 5.91 Å². The number of rotatable bonds is 8. The highest BCUT2D eigenvalue weighted by atomic mass is 19.4. The van der Waals surface area contributed by atoms with Crippen LogP contribution in [0.15, 0.2) is 109 Å². The zero-order valence-electron chi connectivity index (χ0n) is 21.9. The van der Waals surface area contributed by atoms with Gasteiger partial charge in [-0.1, -0.05) is 60.7 Å². The molecule has 0 spiro atoms. The molecule has 2 N–H and O–H groups in total. The summed E-state index contributed by atoms with van der Waals surface area (Å²) >= 11 is 0. The highest BCUT2D eigenvalue weighted by molar-refractivity contribution is 6.03. The van der Waals surface area contributed by atoms with Gasteiger partial charge in [0.15, 0.2) is 5.69 Å². The maximum Gasteiger partial charge on any atom is 0.435 e. The highest BCUT2D eigenvalue weighted by Crippen LogP contribution is 2.31. The molecule has 1 amide bonds. The topological polar surface area (TPSA) is 100 Å². The number of carbonyl (C=O) groups is 1. The van der Waals surface area contributed by atoms with Crippen LogP contribution in [0.4, 0.5) is 18.9 Å². The van der Waals surface area contributed by atoms with Crippen LogP contribution in [-0.4, -0.2) is 20.8 Å². The Kier molecular flexibility index (Phi) is 8.04. The molecule has 1 atom stereocenters. The lowest BCUT2D eigenvalue weighted by atomic mass is 10.0. The predicted molar refractivity (Wildman–Crippen MR) is 149 cm³/mol. The quantitative estimate of drug-likeness (QED) is 0.218. The van der Waals surface area contributed by atoms with E-state index in [-0.39, 0.29) is 22.6 Å². The number of aliphatic hydroxyl groups excluding tert-OH is 1. The lowest BCUT2D eigenvalue weighted by Gasteiger charge is -2.14. The number of amides is 1. The number of nitrogens with one attached hydrogen (secondary N) is 1. The van der Waals surface area contributed by atoms with Crippen LogP contribution < -0.4 is 10.1 Å². The third kappa shape index (κ3) is 6.49. The number of nitrogens with zero attached hydrogens (tertiary/aromatic N) is 3. The van der Waals surface area contributed by atoms with E-state index < -0.39 is 23.9 Å². The number of alkyl halides is 3. The molecule has 1 heterocycles. The zero-order chi connectivity index (χ0) is 29.7. The summed E-state index contributed by atoms with van der Waals surface area (Å²) in [6.45, 7) is 0.400. The number of anilines is 1. The Labute approximate surface area is 239 Å². The molecule has 0 saturated heterocycles. The molecule has 1 unspecified atom stereocenters. The molecule has 0 saturated carbocycles. The summed E-state index contributed by atoms with van der Waals surface area (Å²) in [7, 11) is 0. The second-order valence-electron chi connectivity index (χ2n) is 9.31. The fourth-order valence-electron chi connectivity index (χ4n) is 4.25. The molecule has 0 aliphatic rings. The van der Waals surface area contributed by atoms with Crippen molar-refractivity contribution >= 4 is 11.6 Å². The van der Waals surface area contributed by atoms with Crippen molar-refractivity contribution in [2.24, 2.45) is 0 Å². The van der Waals surface area contributed by atoms with Gasteiger partial charge >= 0.3 is 6.18 Å². The fourth-order valence-corrected chi connectivity index (χ4v) is 4.25. The number of carbonyl (C=O) groups excluding carboxylic acids is 1. The van der Waals surface area contributed by atoms with Crippen LogP contribution in [-0.2, 0) is 12.8 Å². The van der Waals surface area contributed by atoms with E-state index in [1.54, 1.807) is 42.5 Å². The molecular weight excluding hydrogens is 545 g/mol. The minimum absolute atomic E-state index is 0.120. The Balaban J connectivity index is 1.33. The summed E-state index contributed by atoms with van der Waals surface area (Å²) in [5.74, 6) is -0.224. The van der Waals surface area contributed by atoms with Crippen molar-refractivity contribution in [3.8, 4) is 17.5 Å². The predicted octanol–water partition coefficient (Wildman–Crippen LogP) is 6.68. The summed E-state index contributed by atoms with van der Waals surface area (Å²) in [4.78, 5) is 13.2. The first-order valence-corrected chi connectivity index (χ1v) is 12.7. The van der Waals surface area contributed by atoms with Gasteiger partial charge < -0.3 is 15.2 Å². The summed E-state index contributed by atoms with van der Waals surface area (Å²) in [6.07, 6.45) is -5.83. The van der Waals surface area contributed by atoms with Crippen molar-refractivity contribution in [3.05, 3.63) is 143 Å². The maximum atomic E-state index is 13.5. The monoisotopic (exact) mass is 568 g/mol. The normalized spacial score (nSPS) is 11.9. The average molecular weight is 569 g/mol. The van der Waals surface area contributed by atoms with Crippen LogP contribution in [0.3, 0.4) is 0 Å². The Morgan fingerprint density at radius 1 is 0.929 bits per heavy atom. The van der Waals surface area contributed by atoms with Gasteiger partial charge in [0, 0.05) is 11.8 Å². The lowest BCUT2D eigenvalue weighted by molar-refractivity contribution is -0.141. The molecule has 5 aromatic rings. The van der Waals surface area contributed by atoms with Crippen LogP contribution in [0.5, 0.6) is 5.75 Å². The number of benzene rings is 4. The third-order valence-corrected chi connectivity index (χ3v) is 6.36. The van der Waals surface area contributed by atoms with E-state index in [1.807, 2.05) is 36.4 Å². The maximum absolute atomic E-state index is 13.5. The summed E-state index contributed by atoms with van der Waals surface area (Å²) in [6, 6.07) is 31.3. The van der Waals surface area contributed by atoms with E-state index in [0.29, 0.717) is 29.5 Å². The first-order chi connectivity index (χ1) is 20.2. The molecule has 4 aromatic carbocycles. The zero-order valence-corrected chi connectivity index (χ0v) is 21.9. The largest absolute Gasteiger partial charge is 0.489 e. The molecule has 0 aliphatic heterocycles. The van der Waals surface area contributed by atoms with Gasteiger partial charge in [0.2, 0.25) is 0 Å². The van der Waals surface area contributed by atoms with Gasteiger partial charge in [-0.3, -0.25) is 4.79 Å². The molecule has 1 aromatic heterocycles. The van der Waals surface area contributed by atoms with E-state index in [1.165, 1.54) is 30.3 Å². The first-order valence-electron chi connectivity index (χ1n) is 12.7. The molecule has 5 rings (SSSR count). The van der Waals surface area contributed by atoms with E-state index in [2.05, 4.69) is 10.4 Å². The Morgan fingerprint density at radius 2 is 1.67 bits per heavy atom. The van der Waals surface area contributed by atoms with Crippen molar-refractivity contribution in [2.45, 2.75) is 18.9 Å². The Hall–Kier alpha value is -5.40. The second-order valence-corrected chi connectivity index (χ2v) is 9.31. The van der Waals surface area contributed by atoms with Gasteiger partial charge in [-0.2, -0.15) is 23.5 Å². The molecule has 0 radical (unpaired) electrons. The van der Waals surface area contributed by atoms with Crippen molar-refractivity contribution in [2.75, 3.05) is 5.32 Å². The Bertz CT molecular complexity index is 1740. The Morgan fingerprint density at radius 3 is 2.38 bits per heavy atom. The fraction of sp³-hybridized carbons (Fsp3) is 0.0938. The minimum Gasteiger partial charge on any atom is -0.489 e. The standard InChI is InChI=1S/C32H23F3N4O3/c33-32(34,35)29-18-28(39(38-29)26-11-4-8-22(16-26)19-36)31(41)37-25-10-5-9-24(17-25)30(40)23-12-14-27(15-13-23)42-20-21-6-2-1-3-7-21/h1-18,30,40H,20H2,(H,37,41). The van der Waals surface area contributed by atoms with Crippen molar-refractivity contribution in [1.29, 1.82) is 5.26 Å². The van der Waals surface area contributed by atoms with E-state index >= 15 is 0 Å². The average Bonchev–Trinajstić information content (AvgIpc) is 3.48. The van der Waals surface area contributed by atoms with Gasteiger partial charge in [0.1, 0.15) is 24.2 Å². The van der Waals surface area contributed by atoms with Gasteiger partial charge in [-0.15, -0.1) is 0 Å². The number of nitriles is 1. The first kappa shape index (κ1) is 28.1. The SMILES string of the molecule is N#Cc1cccc(-n2nc(C(F)(F)F)cc2C(=O)Nc2cccc(C(O)c3ccc(OCc4ccccc4)cc3)c2)c1. The van der Waals surface area contributed by atoms with Crippen molar-refractivity contribution < 1.29 is 27.8 Å². The summed E-state index contributed by atoms with van der Waals surface area (Å²) in [5, 5.41) is 26.3. The third-order valence-electron chi connectivity index (χ3n) is 6.36. The van der Waals surface area contributed by atoms with Crippen LogP contribution in [0.2, 0.25) is 0 Å². The molecule has 7 nitrogen and oxygen atoms in total. The molecular formula is C32H23F3N4O3. The van der Waals surface area contributed by atoms with E-state index in [4.69, 9.17) is 4.74 Å². The smallest absolute Gasteiger partial charge is 0.435 e. The molecule has 0 bridgehead atoms. The number of halogens is 3. The number of hydrogen-bond donors (Lipinski definition) is 2. The van der Waals surface area contributed by atoms with Gasteiger partial charge in [-0.25, -0.2) is 4.68 Å². The van der Waals surface area contributed by atoms with Crippen LogP contribution in [0, 0.1) is 11.3 Å². The second kappa shape index (κ2) is 12.0. The van der Waals surface area contributed by atoms with Crippen molar-refractivity contribution in [3.63, 3.8) is 0 Å². The minimum atomic E-state index is -4.79. The number of hydrogen-bond acceptors (Lipinski definition) is 5. The molecule has 10 heteroatoms. The van der Waals surface area contributed by atoms with Crippen LogP contribution in [0.25, 0.3) is 5.69 Å². The molecule has 0 fully saturated rings. The molecule has 210 valence electrons. The van der Waals surface area contributed by atoms with E-state index in [0.717, 1.165) is 10.2 Å². The highest BCUT2D eigenvalue weighted by Gasteiger charge is 2.36. The van der Waals surface area contributed by atoms with Gasteiger partial charge in [0.05, 0.1) is 17.3 Å². The number of aromatic nitrogens is 2. The summed E-state index contributed by atoms with van der Waals surface area (Å²) in [5.41, 5.74) is 0.994. The van der Waals surface area contributed by atoms with Crippen molar-refractivity contribution in [1.82, 2.24) is 9.78 Å². The lowest BCUT2D eigenvalue weighted by Crippen LogP contribution is -2.17. The van der Waals surface area contributed by atoms with Crippen LogP contribution in [0.1, 0.15) is 44.5 Å². The molecule has 42 heavy (non-hydrogen) atoms. The number of ether oxygens (including phenoxy) is 1.